The summed E-state index contributed by atoms with van der Waals surface area (Å²) in [5.74, 6) is 0. The summed E-state index contributed by atoms with van der Waals surface area (Å²) in [6.45, 7) is 10.6. The van der Waals surface area contributed by atoms with E-state index in [1.807, 2.05) is 6.08 Å². The van der Waals surface area contributed by atoms with Crippen molar-refractivity contribution >= 4 is 0 Å². The predicted octanol–water partition coefficient (Wildman–Crippen LogP) is 3.45. The van der Waals surface area contributed by atoms with Gasteiger partial charge in [-0.1, -0.05) is 44.6 Å². The maximum atomic E-state index is 9.69. The molecule has 0 spiro atoms. The fourth-order valence-corrected chi connectivity index (χ4v) is 2.21. The highest BCUT2D eigenvalue weighted by molar-refractivity contribution is 5.19. The third-order valence-electron chi connectivity index (χ3n) is 2.87. The second-order valence-corrected chi connectivity index (χ2v) is 5.22. The van der Waals surface area contributed by atoms with Crippen molar-refractivity contribution in [3.8, 4) is 0 Å². The summed E-state index contributed by atoms with van der Waals surface area (Å²) in [6, 6.07) is 0. The van der Waals surface area contributed by atoms with Crippen molar-refractivity contribution in [2.45, 2.75) is 52.6 Å². The second kappa shape index (κ2) is 4.31. The van der Waals surface area contributed by atoms with Crippen LogP contribution in [0.15, 0.2) is 23.8 Å². The van der Waals surface area contributed by atoms with Gasteiger partial charge in [0.2, 0.25) is 0 Å². The zero-order valence-corrected chi connectivity index (χ0v) is 9.64. The molecule has 0 aromatic rings. The van der Waals surface area contributed by atoms with Gasteiger partial charge in [0.1, 0.15) is 0 Å². The van der Waals surface area contributed by atoms with Crippen LogP contribution in [0.5, 0.6) is 0 Å². The van der Waals surface area contributed by atoms with Crippen molar-refractivity contribution < 1.29 is 5.11 Å². The van der Waals surface area contributed by atoms with E-state index in [9.17, 15) is 5.11 Å². The highest BCUT2D eigenvalue weighted by atomic mass is 16.3. The largest absolute Gasteiger partial charge is 0.389 e. The van der Waals surface area contributed by atoms with E-state index < -0.39 is 0 Å². The molecule has 1 heteroatoms. The number of aliphatic hydroxyl groups is 1. The normalized spacial score (nSPS) is 25.7. The highest BCUT2D eigenvalue weighted by Crippen LogP contribution is 2.37. The Morgan fingerprint density at radius 3 is 2.79 bits per heavy atom. The molecule has 0 aliphatic heterocycles. The molecule has 0 aromatic carbocycles. The van der Waals surface area contributed by atoms with E-state index >= 15 is 0 Å². The summed E-state index contributed by atoms with van der Waals surface area (Å²) in [6.07, 6.45) is 5.76. The minimum atomic E-state index is -0.251. The van der Waals surface area contributed by atoms with Crippen LogP contribution in [0.3, 0.4) is 0 Å². The molecule has 0 aromatic heterocycles. The number of aliphatic hydroxyl groups excluding tert-OH is 1. The van der Waals surface area contributed by atoms with Gasteiger partial charge < -0.3 is 5.11 Å². The summed E-state index contributed by atoms with van der Waals surface area (Å²) in [4.78, 5) is 0. The Morgan fingerprint density at radius 2 is 2.29 bits per heavy atom. The Labute approximate surface area is 87.5 Å². The molecule has 0 bridgehead atoms. The van der Waals surface area contributed by atoms with Gasteiger partial charge in [-0.25, -0.2) is 0 Å². The van der Waals surface area contributed by atoms with Crippen LogP contribution in [0, 0.1) is 5.41 Å². The number of hydrogen-bond acceptors (Lipinski definition) is 1. The standard InChI is InChI=1S/C13H22O/c1-5-10(2)6-11-7-12(14)9-13(3,4)8-11/h7,12,14H,2,5-6,8-9H2,1,3-4H3. The van der Waals surface area contributed by atoms with Crippen LogP contribution in [-0.4, -0.2) is 11.2 Å². The van der Waals surface area contributed by atoms with E-state index in [2.05, 4.69) is 27.4 Å². The molecule has 0 saturated carbocycles. The average molecular weight is 194 g/mol. The third-order valence-corrected chi connectivity index (χ3v) is 2.87. The van der Waals surface area contributed by atoms with Crippen LogP contribution in [0.4, 0.5) is 0 Å². The van der Waals surface area contributed by atoms with Gasteiger partial charge in [-0.15, -0.1) is 0 Å². The van der Waals surface area contributed by atoms with E-state index in [1.165, 1.54) is 11.1 Å². The van der Waals surface area contributed by atoms with Crippen molar-refractivity contribution in [1.29, 1.82) is 0 Å². The quantitative estimate of drug-likeness (QED) is 0.682. The molecule has 1 aliphatic rings. The first-order chi connectivity index (χ1) is 6.43. The topological polar surface area (TPSA) is 20.2 Å². The minimum absolute atomic E-state index is 0.248. The van der Waals surface area contributed by atoms with Crippen molar-refractivity contribution in [3.05, 3.63) is 23.8 Å². The smallest absolute Gasteiger partial charge is 0.0728 e. The van der Waals surface area contributed by atoms with E-state index in [0.29, 0.717) is 0 Å². The summed E-state index contributed by atoms with van der Waals surface area (Å²) in [5, 5.41) is 9.69. The molecule has 14 heavy (non-hydrogen) atoms. The van der Waals surface area contributed by atoms with Gasteiger partial charge in [0.25, 0.3) is 0 Å². The Morgan fingerprint density at radius 1 is 1.64 bits per heavy atom. The van der Waals surface area contributed by atoms with Crippen LogP contribution in [0.1, 0.15) is 46.5 Å². The number of hydrogen-bond donors (Lipinski definition) is 1. The monoisotopic (exact) mass is 194 g/mol. The lowest BCUT2D eigenvalue weighted by Crippen LogP contribution is -2.25. The molecule has 0 radical (unpaired) electrons. The van der Waals surface area contributed by atoms with Crippen LogP contribution >= 0.6 is 0 Å². The molecular weight excluding hydrogens is 172 g/mol. The first kappa shape index (κ1) is 11.5. The number of allylic oxidation sites excluding steroid dienone is 2. The van der Waals surface area contributed by atoms with Crippen molar-refractivity contribution in [2.75, 3.05) is 0 Å². The molecule has 1 aliphatic carbocycles. The average Bonchev–Trinajstić information content (AvgIpc) is 1.99. The molecule has 1 atom stereocenters. The Balaban J connectivity index is 2.65. The summed E-state index contributed by atoms with van der Waals surface area (Å²) in [7, 11) is 0. The van der Waals surface area contributed by atoms with E-state index in [4.69, 9.17) is 0 Å². The summed E-state index contributed by atoms with van der Waals surface area (Å²) in [5.41, 5.74) is 2.87. The molecule has 1 N–H and O–H groups in total. The fourth-order valence-electron chi connectivity index (χ4n) is 2.21. The van der Waals surface area contributed by atoms with Gasteiger partial charge in [-0.05, 0) is 31.1 Å². The van der Waals surface area contributed by atoms with Crippen LogP contribution in [0.2, 0.25) is 0 Å². The molecule has 0 fully saturated rings. The SMILES string of the molecule is C=C(CC)CC1=CC(O)CC(C)(C)C1. The summed E-state index contributed by atoms with van der Waals surface area (Å²) < 4.78 is 0. The van der Waals surface area contributed by atoms with Gasteiger partial charge in [-0.3, -0.25) is 0 Å². The molecule has 1 rings (SSSR count). The first-order valence-electron chi connectivity index (χ1n) is 5.47. The molecular formula is C13H22O. The maximum absolute atomic E-state index is 9.69. The lowest BCUT2D eigenvalue weighted by molar-refractivity contribution is 0.138. The van der Waals surface area contributed by atoms with Crippen LogP contribution in [-0.2, 0) is 0 Å². The van der Waals surface area contributed by atoms with Gasteiger partial charge in [0, 0.05) is 0 Å². The lowest BCUT2D eigenvalue weighted by atomic mass is 9.75. The first-order valence-corrected chi connectivity index (χ1v) is 5.47. The zero-order chi connectivity index (χ0) is 10.8. The fraction of sp³-hybridized carbons (Fsp3) is 0.692. The maximum Gasteiger partial charge on any atom is 0.0728 e. The second-order valence-electron chi connectivity index (χ2n) is 5.22. The van der Waals surface area contributed by atoms with Crippen molar-refractivity contribution in [1.82, 2.24) is 0 Å². The molecule has 0 saturated heterocycles. The van der Waals surface area contributed by atoms with Crippen molar-refractivity contribution in [3.63, 3.8) is 0 Å². The van der Waals surface area contributed by atoms with Crippen LogP contribution < -0.4 is 0 Å². The predicted molar refractivity (Wildman–Crippen MR) is 61.2 cm³/mol. The Hall–Kier alpha value is -0.560. The van der Waals surface area contributed by atoms with E-state index in [0.717, 1.165) is 25.7 Å². The van der Waals surface area contributed by atoms with Gasteiger partial charge >= 0.3 is 0 Å². The molecule has 80 valence electrons. The summed E-state index contributed by atoms with van der Waals surface area (Å²) >= 11 is 0. The molecule has 0 heterocycles. The van der Waals surface area contributed by atoms with E-state index in [1.54, 1.807) is 0 Å². The van der Waals surface area contributed by atoms with E-state index in [-0.39, 0.29) is 11.5 Å². The lowest BCUT2D eigenvalue weighted by Gasteiger charge is -2.32. The van der Waals surface area contributed by atoms with Gasteiger partial charge in [0.15, 0.2) is 0 Å². The van der Waals surface area contributed by atoms with Gasteiger partial charge in [-0.2, -0.15) is 0 Å². The molecule has 1 unspecified atom stereocenters. The van der Waals surface area contributed by atoms with Crippen LogP contribution in [0.25, 0.3) is 0 Å². The molecule has 1 nitrogen and oxygen atoms in total. The Bertz CT molecular complexity index is 248. The molecule has 0 amide bonds. The minimum Gasteiger partial charge on any atom is -0.389 e. The Kier molecular flexibility index (Phi) is 3.54. The van der Waals surface area contributed by atoms with Gasteiger partial charge in [0.05, 0.1) is 6.10 Å². The third kappa shape index (κ3) is 3.30. The highest BCUT2D eigenvalue weighted by Gasteiger charge is 2.27. The number of rotatable bonds is 3. The van der Waals surface area contributed by atoms with Crippen molar-refractivity contribution in [2.24, 2.45) is 5.41 Å². The zero-order valence-electron chi connectivity index (χ0n) is 9.64.